The Labute approximate surface area is 247 Å². The molecule has 3 amide bonds. The van der Waals surface area contributed by atoms with Crippen molar-refractivity contribution in [3.63, 3.8) is 0 Å². The van der Waals surface area contributed by atoms with Crippen LogP contribution in [-0.4, -0.2) is 59.0 Å². The number of nitrogens with two attached hydrogens (primary N) is 2. The highest BCUT2D eigenvalue weighted by molar-refractivity contribution is 7.05. The van der Waals surface area contributed by atoms with Gasteiger partial charge in [0.25, 0.3) is 0 Å². The Kier molecular flexibility index (Phi) is 10.8. The lowest BCUT2D eigenvalue weighted by atomic mass is 10.0. The van der Waals surface area contributed by atoms with E-state index in [1.807, 2.05) is 24.3 Å². The van der Waals surface area contributed by atoms with E-state index in [9.17, 15) is 14.4 Å². The summed E-state index contributed by atoms with van der Waals surface area (Å²) >= 11 is 1.19. The van der Waals surface area contributed by atoms with Crippen molar-refractivity contribution in [3.05, 3.63) is 58.9 Å². The summed E-state index contributed by atoms with van der Waals surface area (Å²) in [5.74, 6) is -0.473. The van der Waals surface area contributed by atoms with Gasteiger partial charge in [0.05, 0.1) is 31.4 Å². The number of hydrogen-bond donors (Lipinski definition) is 5. The molecule has 12 nitrogen and oxygen atoms in total. The number of benzene rings is 2. The van der Waals surface area contributed by atoms with Gasteiger partial charge < -0.3 is 32.2 Å². The fourth-order valence-electron chi connectivity index (χ4n) is 4.32. The maximum atomic E-state index is 15.1. The third-order valence-corrected chi connectivity index (χ3v) is 7.33. The first-order chi connectivity index (χ1) is 20.2. The zero-order chi connectivity index (χ0) is 30.1. The summed E-state index contributed by atoms with van der Waals surface area (Å²) in [6.45, 7) is 3.08. The average molecular weight is 599 g/mol. The minimum atomic E-state index is -0.584. The normalized spacial score (nSPS) is 15.3. The second-order valence-corrected chi connectivity index (χ2v) is 10.7. The zero-order valence-corrected chi connectivity index (χ0v) is 24.1. The van der Waals surface area contributed by atoms with E-state index >= 15 is 4.39 Å². The second-order valence-electron chi connectivity index (χ2n) is 9.89. The molecule has 1 aliphatic heterocycles. The van der Waals surface area contributed by atoms with Gasteiger partial charge in [-0.1, -0.05) is 30.7 Å². The van der Waals surface area contributed by atoms with Gasteiger partial charge in [-0.2, -0.15) is 4.37 Å². The summed E-state index contributed by atoms with van der Waals surface area (Å²) in [7, 11) is 0. The van der Waals surface area contributed by atoms with Crippen LogP contribution in [0.1, 0.15) is 36.8 Å². The first kappa shape index (κ1) is 30.8. The fraction of sp³-hybridized carbons (Fsp3) is 0.393. The molecule has 42 heavy (non-hydrogen) atoms. The van der Waals surface area contributed by atoms with Crippen LogP contribution in [0.25, 0.3) is 11.1 Å². The number of aromatic nitrogens is 2. The number of unbranched alkanes of at least 4 members (excludes halogenated alkanes) is 1. The van der Waals surface area contributed by atoms with Gasteiger partial charge in [0.2, 0.25) is 17.8 Å². The lowest BCUT2D eigenvalue weighted by Crippen LogP contribution is -2.40. The van der Waals surface area contributed by atoms with Gasteiger partial charge in [-0.15, -0.1) is 0 Å². The summed E-state index contributed by atoms with van der Waals surface area (Å²) in [5.41, 5.74) is 13.8. The number of rotatable bonds is 14. The molecule has 14 heteroatoms. The van der Waals surface area contributed by atoms with Crippen LogP contribution >= 0.6 is 11.5 Å². The molecule has 2 unspecified atom stereocenters. The lowest BCUT2D eigenvalue weighted by molar-refractivity contribution is -0.122. The number of carbonyl (C=O) groups excluding carboxylic acids is 3. The molecule has 3 aromatic rings. The molecule has 4 rings (SSSR count). The Morgan fingerprint density at radius 2 is 1.95 bits per heavy atom. The predicted molar refractivity (Wildman–Crippen MR) is 158 cm³/mol. The number of carbonyl (C=O) groups is 3. The van der Waals surface area contributed by atoms with Crippen LogP contribution in [0.4, 0.5) is 20.8 Å². The first-order valence-corrected chi connectivity index (χ1v) is 14.4. The molecule has 0 saturated carbocycles. The number of nitrogens with one attached hydrogen (secondary N) is 3. The molecular formula is C28H35FN8O4S. The third-order valence-electron chi connectivity index (χ3n) is 6.62. The maximum Gasteiger partial charge on any atom is 0.414 e. The fourth-order valence-corrected chi connectivity index (χ4v) is 4.88. The standard InChI is InChI=1S/C28H35FN8O4S/c1-17(38)32-14-21-16-37(28(40)41-21)20-9-10-22(23(29)12-20)19-7-5-18(6-8-19)13-34-27-35-25(42-36-27)15-33-26(39)24(31)4-2-3-11-30/h5-10,12,21,24H,2-4,11,13-16,30-31H2,1H3,(H,32,38)(H,33,39)(H,34,36). The number of amides is 3. The Hall–Kier alpha value is -4.14. The molecule has 0 radical (unpaired) electrons. The predicted octanol–water partition coefficient (Wildman–Crippen LogP) is 2.49. The topological polar surface area (TPSA) is 178 Å². The number of anilines is 2. The van der Waals surface area contributed by atoms with Crippen LogP contribution < -0.4 is 32.3 Å². The van der Waals surface area contributed by atoms with Gasteiger partial charge in [0, 0.05) is 19.0 Å². The highest BCUT2D eigenvalue weighted by atomic mass is 32.1. The average Bonchev–Trinajstić information content (AvgIpc) is 3.60. The van der Waals surface area contributed by atoms with Gasteiger partial charge in [-0.25, -0.2) is 14.2 Å². The van der Waals surface area contributed by atoms with E-state index in [1.54, 1.807) is 12.1 Å². The van der Waals surface area contributed by atoms with Crippen molar-refractivity contribution in [2.24, 2.45) is 11.5 Å². The van der Waals surface area contributed by atoms with Crippen molar-refractivity contribution in [3.8, 4) is 11.1 Å². The molecule has 0 bridgehead atoms. The molecule has 2 atom stereocenters. The van der Waals surface area contributed by atoms with Crippen LogP contribution in [0.2, 0.25) is 0 Å². The number of halogens is 1. The smallest absolute Gasteiger partial charge is 0.414 e. The maximum absolute atomic E-state index is 15.1. The van der Waals surface area contributed by atoms with E-state index in [0.29, 0.717) is 47.3 Å². The minimum Gasteiger partial charge on any atom is -0.442 e. The largest absolute Gasteiger partial charge is 0.442 e. The summed E-state index contributed by atoms with van der Waals surface area (Å²) in [4.78, 5) is 41.3. The summed E-state index contributed by atoms with van der Waals surface area (Å²) in [6.07, 6.45) is 1.14. The molecule has 7 N–H and O–H groups in total. The molecule has 0 spiro atoms. The minimum absolute atomic E-state index is 0.197. The summed E-state index contributed by atoms with van der Waals surface area (Å²) in [6, 6.07) is 11.4. The molecule has 2 heterocycles. The molecule has 1 aromatic heterocycles. The van der Waals surface area contributed by atoms with Crippen LogP contribution in [0.15, 0.2) is 42.5 Å². The van der Waals surface area contributed by atoms with Crippen molar-refractivity contribution in [1.82, 2.24) is 20.0 Å². The van der Waals surface area contributed by atoms with Crippen LogP contribution in [0.5, 0.6) is 0 Å². The Balaban J connectivity index is 1.27. The Morgan fingerprint density at radius 1 is 1.17 bits per heavy atom. The van der Waals surface area contributed by atoms with E-state index in [-0.39, 0.29) is 31.4 Å². The lowest BCUT2D eigenvalue weighted by Gasteiger charge is -2.15. The van der Waals surface area contributed by atoms with Crippen molar-refractivity contribution in [2.45, 2.75) is 51.4 Å². The summed E-state index contributed by atoms with van der Waals surface area (Å²) < 4.78 is 24.6. The number of ether oxygens (including phenoxy) is 1. The van der Waals surface area contributed by atoms with Gasteiger partial charge in [-0.3, -0.25) is 14.5 Å². The number of nitrogens with zero attached hydrogens (tertiary/aromatic N) is 3. The Morgan fingerprint density at radius 3 is 2.67 bits per heavy atom. The molecular weight excluding hydrogens is 563 g/mol. The summed E-state index contributed by atoms with van der Waals surface area (Å²) in [5, 5.41) is 9.21. The zero-order valence-electron chi connectivity index (χ0n) is 23.3. The number of hydrogen-bond acceptors (Lipinski definition) is 10. The van der Waals surface area contributed by atoms with Crippen molar-refractivity contribution in [1.29, 1.82) is 0 Å². The van der Waals surface area contributed by atoms with Crippen molar-refractivity contribution < 1.29 is 23.5 Å². The van der Waals surface area contributed by atoms with Crippen LogP contribution in [0, 0.1) is 5.82 Å². The van der Waals surface area contributed by atoms with Gasteiger partial charge in [0.1, 0.15) is 16.9 Å². The van der Waals surface area contributed by atoms with E-state index < -0.39 is 24.1 Å². The molecule has 224 valence electrons. The molecule has 1 fully saturated rings. The van der Waals surface area contributed by atoms with E-state index in [2.05, 4.69) is 25.3 Å². The second kappa shape index (κ2) is 14.7. The first-order valence-electron chi connectivity index (χ1n) is 13.6. The molecule has 2 aromatic carbocycles. The van der Waals surface area contributed by atoms with Crippen LogP contribution in [-0.2, 0) is 27.4 Å². The molecule has 0 aliphatic carbocycles. The molecule has 1 aliphatic rings. The van der Waals surface area contributed by atoms with Crippen molar-refractivity contribution >= 4 is 41.1 Å². The van der Waals surface area contributed by atoms with Crippen molar-refractivity contribution in [2.75, 3.05) is 29.9 Å². The third kappa shape index (κ3) is 8.44. The Bertz CT molecular complexity index is 1390. The van der Waals surface area contributed by atoms with E-state index in [1.165, 1.54) is 29.4 Å². The van der Waals surface area contributed by atoms with Gasteiger partial charge >= 0.3 is 6.09 Å². The van der Waals surface area contributed by atoms with Gasteiger partial charge in [-0.05, 0) is 60.2 Å². The van der Waals surface area contributed by atoms with E-state index in [0.717, 1.165) is 18.4 Å². The molecule has 1 saturated heterocycles. The van der Waals surface area contributed by atoms with Crippen LogP contribution in [0.3, 0.4) is 0 Å². The highest BCUT2D eigenvalue weighted by Crippen LogP contribution is 2.29. The SMILES string of the molecule is CC(=O)NCC1CN(c2ccc(-c3ccc(CNc4nsc(CNC(=O)C(N)CCCCN)n4)cc3)c(F)c2)C(=O)O1. The van der Waals surface area contributed by atoms with Gasteiger partial charge in [0.15, 0.2) is 0 Å². The quantitative estimate of drug-likeness (QED) is 0.174. The van der Waals surface area contributed by atoms with E-state index in [4.69, 9.17) is 16.2 Å². The monoisotopic (exact) mass is 598 g/mol. The highest BCUT2D eigenvalue weighted by Gasteiger charge is 2.32. The number of cyclic esters (lactones) is 1.